The molecule has 2 unspecified atom stereocenters. The summed E-state index contributed by atoms with van der Waals surface area (Å²) in [5, 5.41) is 12.8. The molecule has 1 aromatic rings. The second-order valence-corrected chi connectivity index (χ2v) is 7.46. The Morgan fingerprint density at radius 1 is 1.50 bits per heavy atom. The summed E-state index contributed by atoms with van der Waals surface area (Å²) < 4.78 is 1.05. The zero-order valence-electron chi connectivity index (χ0n) is 12.1. The lowest BCUT2D eigenvalue weighted by Gasteiger charge is -2.29. The smallest absolute Gasteiger partial charge is 0.323 e. The van der Waals surface area contributed by atoms with Crippen molar-refractivity contribution in [2.24, 2.45) is 0 Å². The van der Waals surface area contributed by atoms with Crippen LogP contribution < -0.4 is 5.32 Å². The van der Waals surface area contributed by atoms with Gasteiger partial charge in [0.1, 0.15) is 5.54 Å². The molecular weight excluding hydrogens is 338 g/mol. The molecule has 0 aromatic heterocycles. The molecule has 1 rings (SSSR count). The van der Waals surface area contributed by atoms with E-state index >= 15 is 0 Å². The minimum Gasteiger partial charge on any atom is -0.480 e. The first kappa shape index (κ1) is 17.5. The standard InChI is InChI=1S/C15H22BrNO2S/c1-4-9-17-15(3,14(18)19)10-11(2)20-13-8-6-5-7-12(13)16/h5-8,11,17H,4,9-10H2,1-3H3,(H,18,19). The topological polar surface area (TPSA) is 49.3 Å². The number of benzene rings is 1. The molecule has 112 valence electrons. The summed E-state index contributed by atoms with van der Waals surface area (Å²) in [5.74, 6) is -0.787. The Bertz CT molecular complexity index is 455. The number of hydrogen-bond acceptors (Lipinski definition) is 3. The number of carboxylic acids is 1. The third-order valence-electron chi connectivity index (χ3n) is 3.10. The van der Waals surface area contributed by atoms with Crippen molar-refractivity contribution in [2.45, 2.75) is 49.3 Å². The van der Waals surface area contributed by atoms with Crippen LogP contribution in [0.1, 0.15) is 33.6 Å². The first-order chi connectivity index (χ1) is 9.39. The number of halogens is 1. The SMILES string of the molecule is CCCNC(C)(CC(C)Sc1ccccc1Br)C(=O)O. The number of rotatable bonds is 8. The fourth-order valence-electron chi connectivity index (χ4n) is 2.01. The van der Waals surface area contributed by atoms with E-state index in [0.29, 0.717) is 6.42 Å². The van der Waals surface area contributed by atoms with Crippen LogP contribution in [0.25, 0.3) is 0 Å². The van der Waals surface area contributed by atoms with Crippen LogP contribution in [0.2, 0.25) is 0 Å². The monoisotopic (exact) mass is 359 g/mol. The maximum Gasteiger partial charge on any atom is 0.323 e. The van der Waals surface area contributed by atoms with Crippen molar-refractivity contribution in [3.8, 4) is 0 Å². The maximum atomic E-state index is 11.5. The molecule has 0 fully saturated rings. The molecule has 0 spiro atoms. The summed E-state index contributed by atoms with van der Waals surface area (Å²) in [6.45, 7) is 6.59. The number of hydrogen-bond donors (Lipinski definition) is 2. The predicted octanol–water partition coefficient (Wildman–Crippen LogP) is 4.16. The summed E-state index contributed by atoms with van der Waals surface area (Å²) >= 11 is 5.22. The summed E-state index contributed by atoms with van der Waals surface area (Å²) in [6, 6.07) is 8.01. The van der Waals surface area contributed by atoms with Crippen molar-refractivity contribution in [1.29, 1.82) is 0 Å². The number of carboxylic acid groups (broad SMARTS) is 1. The molecule has 0 bridgehead atoms. The molecule has 0 amide bonds. The van der Waals surface area contributed by atoms with E-state index in [-0.39, 0.29) is 5.25 Å². The van der Waals surface area contributed by atoms with Crippen LogP contribution >= 0.6 is 27.7 Å². The number of aliphatic carboxylic acids is 1. The van der Waals surface area contributed by atoms with E-state index in [1.54, 1.807) is 18.7 Å². The number of carbonyl (C=O) groups is 1. The summed E-state index contributed by atoms with van der Waals surface area (Å²) in [6.07, 6.45) is 1.50. The van der Waals surface area contributed by atoms with E-state index in [4.69, 9.17) is 0 Å². The minimum absolute atomic E-state index is 0.208. The first-order valence-electron chi connectivity index (χ1n) is 6.78. The highest BCUT2D eigenvalue weighted by atomic mass is 79.9. The lowest BCUT2D eigenvalue weighted by Crippen LogP contribution is -2.51. The van der Waals surface area contributed by atoms with Gasteiger partial charge >= 0.3 is 5.97 Å². The molecule has 0 saturated heterocycles. The molecule has 0 radical (unpaired) electrons. The van der Waals surface area contributed by atoms with E-state index < -0.39 is 11.5 Å². The van der Waals surface area contributed by atoms with Gasteiger partial charge in [0, 0.05) is 14.6 Å². The van der Waals surface area contributed by atoms with Crippen molar-refractivity contribution in [3.05, 3.63) is 28.7 Å². The van der Waals surface area contributed by atoms with E-state index in [2.05, 4.69) is 28.2 Å². The maximum absolute atomic E-state index is 11.5. The van der Waals surface area contributed by atoms with Crippen molar-refractivity contribution >= 4 is 33.7 Å². The summed E-state index contributed by atoms with van der Waals surface area (Å²) in [7, 11) is 0. The van der Waals surface area contributed by atoms with Gasteiger partial charge in [-0.15, -0.1) is 11.8 Å². The molecule has 0 aliphatic rings. The van der Waals surface area contributed by atoms with Crippen LogP contribution in [0, 0.1) is 0 Å². The van der Waals surface area contributed by atoms with Crippen LogP contribution in [0.5, 0.6) is 0 Å². The van der Waals surface area contributed by atoms with Crippen molar-refractivity contribution in [3.63, 3.8) is 0 Å². The van der Waals surface area contributed by atoms with Gasteiger partial charge < -0.3 is 10.4 Å². The molecule has 5 heteroatoms. The zero-order chi connectivity index (χ0) is 15.2. The Kier molecular flexibility index (Phi) is 7.06. The number of nitrogens with one attached hydrogen (secondary N) is 1. The largest absolute Gasteiger partial charge is 0.480 e. The molecule has 2 atom stereocenters. The van der Waals surface area contributed by atoms with Gasteiger partial charge in [-0.2, -0.15) is 0 Å². The highest BCUT2D eigenvalue weighted by Gasteiger charge is 2.34. The van der Waals surface area contributed by atoms with Gasteiger partial charge in [-0.05, 0) is 54.4 Å². The zero-order valence-corrected chi connectivity index (χ0v) is 14.6. The second kappa shape index (κ2) is 8.05. The van der Waals surface area contributed by atoms with E-state index in [9.17, 15) is 9.90 Å². The normalized spacial score (nSPS) is 15.6. The van der Waals surface area contributed by atoms with Gasteiger partial charge in [0.15, 0.2) is 0 Å². The summed E-state index contributed by atoms with van der Waals surface area (Å²) in [4.78, 5) is 12.6. The van der Waals surface area contributed by atoms with Gasteiger partial charge in [0.2, 0.25) is 0 Å². The lowest BCUT2D eigenvalue weighted by molar-refractivity contribution is -0.144. The highest BCUT2D eigenvalue weighted by molar-refractivity contribution is 9.10. The van der Waals surface area contributed by atoms with Crippen LogP contribution in [-0.2, 0) is 4.79 Å². The minimum atomic E-state index is -0.871. The quantitative estimate of drug-likeness (QED) is 0.684. The average Bonchev–Trinajstić information content (AvgIpc) is 2.39. The van der Waals surface area contributed by atoms with Gasteiger partial charge in [-0.25, -0.2) is 0 Å². The fourth-order valence-corrected chi connectivity index (χ4v) is 3.76. The molecule has 2 N–H and O–H groups in total. The third-order valence-corrected chi connectivity index (χ3v) is 5.23. The van der Waals surface area contributed by atoms with Crippen LogP contribution in [0.4, 0.5) is 0 Å². The van der Waals surface area contributed by atoms with Crippen molar-refractivity contribution in [1.82, 2.24) is 5.32 Å². The second-order valence-electron chi connectivity index (χ2n) is 5.13. The van der Waals surface area contributed by atoms with E-state index in [0.717, 1.165) is 22.3 Å². The molecule has 20 heavy (non-hydrogen) atoms. The van der Waals surface area contributed by atoms with E-state index in [1.165, 1.54) is 0 Å². The van der Waals surface area contributed by atoms with Crippen molar-refractivity contribution < 1.29 is 9.90 Å². The lowest BCUT2D eigenvalue weighted by atomic mass is 9.96. The van der Waals surface area contributed by atoms with E-state index in [1.807, 2.05) is 31.2 Å². The van der Waals surface area contributed by atoms with Gasteiger partial charge in [0.25, 0.3) is 0 Å². The molecule has 0 aliphatic carbocycles. The van der Waals surface area contributed by atoms with Crippen LogP contribution in [0.3, 0.4) is 0 Å². The Balaban J connectivity index is 2.69. The Morgan fingerprint density at radius 3 is 2.70 bits per heavy atom. The molecule has 1 aromatic carbocycles. The van der Waals surface area contributed by atoms with Crippen molar-refractivity contribution in [2.75, 3.05) is 6.54 Å². The third kappa shape index (κ3) is 5.11. The highest BCUT2D eigenvalue weighted by Crippen LogP contribution is 2.33. The molecule has 0 saturated carbocycles. The molecule has 0 aliphatic heterocycles. The first-order valence-corrected chi connectivity index (χ1v) is 8.46. The Labute approximate surface area is 133 Å². The molecular formula is C15H22BrNO2S. The Morgan fingerprint density at radius 2 is 2.15 bits per heavy atom. The summed E-state index contributed by atoms with van der Waals surface area (Å²) in [5.41, 5.74) is -0.871. The van der Waals surface area contributed by atoms with Gasteiger partial charge in [0.05, 0.1) is 0 Å². The predicted molar refractivity (Wildman–Crippen MR) is 88.4 cm³/mol. The average molecular weight is 360 g/mol. The van der Waals surface area contributed by atoms with Gasteiger partial charge in [-0.3, -0.25) is 4.79 Å². The van der Waals surface area contributed by atoms with Gasteiger partial charge in [-0.1, -0.05) is 26.0 Å². The molecule has 3 nitrogen and oxygen atoms in total. The van der Waals surface area contributed by atoms with Crippen LogP contribution in [0.15, 0.2) is 33.6 Å². The fraction of sp³-hybridized carbons (Fsp3) is 0.533. The Hall–Kier alpha value is -0.520. The molecule has 0 heterocycles. The number of thioether (sulfide) groups is 1. The van der Waals surface area contributed by atoms with Crippen LogP contribution in [-0.4, -0.2) is 28.4 Å².